The molecule has 112 valence electrons. The van der Waals surface area contributed by atoms with Gasteiger partial charge < -0.3 is 20.1 Å². The average molecular weight is 299 g/mol. The summed E-state index contributed by atoms with van der Waals surface area (Å²) in [5.74, 6) is -1.59. The van der Waals surface area contributed by atoms with Crippen molar-refractivity contribution in [3.8, 4) is 11.8 Å². The van der Waals surface area contributed by atoms with Crippen molar-refractivity contribution in [3.05, 3.63) is 47.3 Å². The number of nitrogens with two attached hydrogens (primary N) is 1. The summed E-state index contributed by atoms with van der Waals surface area (Å²) in [5, 5.41) is 17.8. The van der Waals surface area contributed by atoms with Gasteiger partial charge in [0.2, 0.25) is 0 Å². The quantitative estimate of drug-likeness (QED) is 0.822. The molecule has 0 aliphatic rings. The molecule has 0 saturated carbocycles. The number of carboxylic acid groups (broad SMARTS) is 1. The van der Waals surface area contributed by atoms with E-state index < -0.39 is 11.9 Å². The third-order valence-electron chi connectivity index (χ3n) is 3.11. The van der Waals surface area contributed by atoms with Gasteiger partial charge in [0.1, 0.15) is 6.07 Å². The maximum absolute atomic E-state index is 11.9. The fraction of sp³-hybridized carbons (Fsp3) is 0.133. The van der Waals surface area contributed by atoms with Crippen LogP contribution in [0.15, 0.2) is 30.5 Å². The van der Waals surface area contributed by atoms with Gasteiger partial charge in [-0.1, -0.05) is 12.1 Å². The lowest BCUT2D eigenvalue weighted by Gasteiger charge is -2.09. The highest BCUT2D eigenvalue weighted by Crippen LogP contribution is 2.24. The maximum atomic E-state index is 11.9. The van der Waals surface area contributed by atoms with Crippen LogP contribution in [0.2, 0.25) is 0 Å². The van der Waals surface area contributed by atoms with Crippen LogP contribution in [0, 0.1) is 11.3 Å². The van der Waals surface area contributed by atoms with Crippen molar-refractivity contribution in [2.75, 3.05) is 12.8 Å². The van der Waals surface area contributed by atoms with E-state index in [1.807, 2.05) is 6.07 Å². The van der Waals surface area contributed by atoms with Crippen LogP contribution in [0.3, 0.4) is 0 Å². The highest BCUT2D eigenvalue weighted by atomic mass is 16.5. The molecule has 0 fully saturated rings. The summed E-state index contributed by atoms with van der Waals surface area (Å²) >= 11 is 0. The van der Waals surface area contributed by atoms with Crippen LogP contribution in [-0.4, -0.2) is 28.7 Å². The Labute approximate surface area is 126 Å². The molecule has 2 aromatic rings. The SMILES string of the molecule is COC(=O)c1c(N)c(C#N)cn1-c1ccc(CC(=O)O)cc1. The average Bonchev–Trinajstić information content (AvgIpc) is 2.83. The van der Waals surface area contributed by atoms with E-state index in [1.165, 1.54) is 17.9 Å². The summed E-state index contributed by atoms with van der Waals surface area (Å²) in [6.07, 6.45) is 1.34. The summed E-state index contributed by atoms with van der Waals surface area (Å²) in [6, 6.07) is 8.46. The highest BCUT2D eigenvalue weighted by Gasteiger charge is 2.21. The van der Waals surface area contributed by atoms with E-state index in [1.54, 1.807) is 24.3 Å². The number of nitrogen functional groups attached to an aromatic ring is 1. The molecule has 22 heavy (non-hydrogen) atoms. The highest BCUT2D eigenvalue weighted by molar-refractivity contribution is 5.95. The van der Waals surface area contributed by atoms with Crippen molar-refractivity contribution in [2.45, 2.75) is 6.42 Å². The second-order valence-electron chi connectivity index (χ2n) is 4.52. The molecule has 7 nitrogen and oxygen atoms in total. The van der Waals surface area contributed by atoms with E-state index in [4.69, 9.17) is 16.1 Å². The minimum absolute atomic E-state index is 0.0453. The molecule has 0 amide bonds. The number of esters is 1. The van der Waals surface area contributed by atoms with Crippen molar-refractivity contribution in [1.29, 1.82) is 5.26 Å². The minimum atomic E-state index is -0.931. The van der Waals surface area contributed by atoms with Gasteiger partial charge in [-0.3, -0.25) is 4.79 Å². The molecule has 7 heteroatoms. The molecule has 1 aromatic carbocycles. The first kappa shape index (κ1) is 15.1. The van der Waals surface area contributed by atoms with Gasteiger partial charge in [0.05, 0.1) is 24.8 Å². The molecule has 1 heterocycles. The Hall–Kier alpha value is -3.27. The molecule has 0 unspecified atom stereocenters. The number of carboxylic acids is 1. The maximum Gasteiger partial charge on any atom is 0.357 e. The van der Waals surface area contributed by atoms with Crippen LogP contribution in [0.1, 0.15) is 21.6 Å². The summed E-state index contributed by atoms with van der Waals surface area (Å²) in [4.78, 5) is 22.5. The van der Waals surface area contributed by atoms with E-state index in [0.29, 0.717) is 11.3 Å². The van der Waals surface area contributed by atoms with E-state index in [0.717, 1.165) is 0 Å². The van der Waals surface area contributed by atoms with E-state index in [2.05, 4.69) is 4.74 Å². The summed E-state index contributed by atoms with van der Waals surface area (Å²) in [7, 11) is 1.22. The number of hydrogen-bond acceptors (Lipinski definition) is 5. The summed E-state index contributed by atoms with van der Waals surface area (Å²) < 4.78 is 6.14. The molecular weight excluding hydrogens is 286 g/mol. The monoisotopic (exact) mass is 299 g/mol. The van der Waals surface area contributed by atoms with Crippen LogP contribution in [0.25, 0.3) is 5.69 Å². The first-order valence-corrected chi connectivity index (χ1v) is 6.28. The number of nitriles is 1. The molecule has 0 radical (unpaired) electrons. The number of anilines is 1. The smallest absolute Gasteiger partial charge is 0.357 e. The second-order valence-corrected chi connectivity index (χ2v) is 4.52. The lowest BCUT2D eigenvalue weighted by atomic mass is 10.1. The van der Waals surface area contributed by atoms with Gasteiger partial charge in [0, 0.05) is 11.9 Å². The van der Waals surface area contributed by atoms with E-state index >= 15 is 0 Å². The van der Waals surface area contributed by atoms with Crippen molar-refractivity contribution < 1.29 is 19.4 Å². The third kappa shape index (κ3) is 2.76. The number of carbonyl (C=O) groups is 2. The number of ether oxygens (including phenoxy) is 1. The van der Waals surface area contributed by atoms with Crippen molar-refractivity contribution in [1.82, 2.24) is 4.57 Å². The molecule has 0 bridgehead atoms. The molecular formula is C15H13N3O4. The Kier molecular flexibility index (Phi) is 4.13. The first-order valence-electron chi connectivity index (χ1n) is 6.28. The zero-order chi connectivity index (χ0) is 16.3. The summed E-state index contributed by atoms with van der Waals surface area (Å²) in [5.41, 5.74) is 7.26. The van der Waals surface area contributed by atoms with Crippen molar-refractivity contribution >= 4 is 17.6 Å². The van der Waals surface area contributed by atoms with Crippen LogP contribution in [0.4, 0.5) is 5.69 Å². The van der Waals surface area contributed by atoms with Gasteiger partial charge in [0.25, 0.3) is 0 Å². The molecule has 0 saturated heterocycles. The minimum Gasteiger partial charge on any atom is -0.481 e. The Balaban J connectivity index is 2.50. The van der Waals surface area contributed by atoms with E-state index in [-0.39, 0.29) is 23.4 Å². The lowest BCUT2D eigenvalue weighted by molar-refractivity contribution is -0.136. The van der Waals surface area contributed by atoms with Crippen LogP contribution >= 0.6 is 0 Å². The number of rotatable bonds is 4. The molecule has 0 atom stereocenters. The number of hydrogen-bond donors (Lipinski definition) is 2. The normalized spacial score (nSPS) is 10.0. The Bertz CT molecular complexity index is 769. The molecule has 3 N–H and O–H groups in total. The number of nitrogens with zero attached hydrogens (tertiary/aromatic N) is 2. The number of aliphatic carboxylic acids is 1. The zero-order valence-corrected chi connectivity index (χ0v) is 11.7. The third-order valence-corrected chi connectivity index (χ3v) is 3.11. The predicted molar refractivity (Wildman–Crippen MR) is 77.6 cm³/mol. The number of carbonyl (C=O) groups excluding carboxylic acids is 1. The Morgan fingerprint density at radius 2 is 2.00 bits per heavy atom. The van der Waals surface area contributed by atoms with Gasteiger partial charge in [0.15, 0.2) is 5.69 Å². The topological polar surface area (TPSA) is 118 Å². The van der Waals surface area contributed by atoms with Gasteiger partial charge in [-0.05, 0) is 17.7 Å². The van der Waals surface area contributed by atoms with Crippen molar-refractivity contribution in [2.24, 2.45) is 0 Å². The second kappa shape index (κ2) is 6.01. The van der Waals surface area contributed by atoms with E-state index in [9.17, 15) is 9.59 Å². The van der Waals surface area contributed by atoms with Crippen LogP contribution in [0.5, 0.6) is 0 Å². The number of benzene rings is 1. The largest absolute Gasteiger partial charge is 0.481 e. The summed E-state index contributed by atoms with van der Waals surface area (Å²) in [6.45, 7) is 0. The predicted octanol–water partition coefficient (Wildman–Crippen LogP) is 1.34. The van der Waals surface area contributed by atoms with Gasteiger partial charge in [-0.25, -0.2) is 4.79 Å². The van der Waals surface area contributed by atoms with Gasteiger partial charge in [-0.2, -0.15) is 5.26 Å². The molecule has 1 aromatic heterocycles. The standard InChI is InChI=1S/C15H13N3O4/c1-22-15(21)14-13(17)10(7-16)8-18(14)11-4-2-9(3-5-11)6-12(19)20/h2-5,8H,6,17H2,1H3,(H,19,20). The first-order chi connectivity index (χ1) is 10.5. The molecule has 2 rings (SSSR count). The molecule has 0 aliphatic carbocycles. The van der Waals surface area contributed by atoms with Gasteiger partial charge >= 0.3 is 11.9 Å². The fourth-order valence-electron chi connectivity index (χ4n) is 2.07. The Morgan fingerprint density at radius 1 is 1.36 bits per heavy atom. The van der Waals surface area contributed by atoms with Crippen LogP contribution < -0.4 is 5.73 Å². The Morgan fingerprint density at radius 3 is 2.50 bits per heavy atom. The fourth-order valence-corrected chi connectivity index (χ4v) is 2.07. The molecule has 0 spiro atoms. The molecule has 0 aliphatic heterocycles. The zero-order valence-electron chi connectivity index (χ0n) is 11.7. The van der Waals surface area contributed by atoms with Gasteiger partial charge in [-0.15, -0.1) is 0 Å². The van der Waals surface area contributed by atoms with Crippen LogP contribution in [-0.2, 0) is 16.0 Å². The lowest BCUT2D eigenvalue weighted by Crippen LogP contribution is -2.11. The van der Waals surface area contributed by atoms with Crippen molar-refractivity contribution in [3.63, 3.8) is 0 Å². The number of aromatic nitrogens is 1. The number of methoxy groups -OCH3 is 1.